The number of hydrogen-bond donors (Lipinski definition) is 1. The monoisotopic (exact) mass is 414 g/mol. The Morgan fingerprint density at radius 1 is 0.897 bits per heavy atom. The lowest BCUT2D eigenvalue weighted by Crippen LogP contribution is -2.48. The molecule has 6 nitrogen and oxygen atoms in total. The molecule has 0 saturated carbocycles. The molecule has 2 fully saturated rings. The summed E-state index contributed by atoms with van der Waals surface area (Å²) in [5, 5.41) is 3.79. The van der Waals surface area contributed by atoms with Crippen LogP contribution in [0.3, 0.4) is 0 Å². The van der Waals surface area contributed by atoms with Crippen molar-refractivity contribution in [1.29, 1.82) is 0 Å². The van der Waals surface area contributed by atoms with Gasteiger partial charge < -0.3 is 19.9 Å². The highest BCUT2D eigenvalue weighted by atomic mass is 35.5. The van der Waals surface area contributed by atoms with Crippen LogP contribution in [0.15, 0.2) is 48.5 Å². The van der Waals surface area contributed by atoms with Gasteiger partial charge in [0.25, 0.3) is 0 Å². The standard InChI is InChI=1S/C22H27ClN4O2/c23-20-3-1-2-4-21(20)27-11-9-25(10-12-27)17-22(28)24-18-5-7-19(8-6-18)26-13-15-29-16-14-26/h1-8H,9-17H2,(H,24,28). The Hall–Kier alpha value is -2.28. The number of rotatable bonds is 5. The predicted octanol–water partition coefficient (Wildman–Crippen LogP) is 2.94. The average Bonchev–Trinajstić information content (AvgIpc) is 2.76. The van der Waals surface area contributed by atoms with Crippen molar-refractivity contribution >= 4 is 34.6 Å². The third-order valence-electron chi connectivity index (χ3n) is 5.46. The quantitative estimate of drug-likeness (QED) is 0.815. The summed E-state index contributed by atoms with van der Waals surface area (Å²) in [6, 6.07) is 16.0. The van der Waals surface area contributed by atoms with E-state index in [-0.39, 0.29) is 5.91 Å². The first-order valence-corrected chi connectivity index (χ1v) is 10.5. The SMILES string of the molecule is O=C(CN1CCN(c2ccccc2Cl)CC1)Nc1ccc(N2CCOCC2)cc1. The Balaban J connectivity index is 1.24. The Morgan fingerprint density at radius 2 is 1.59 bits per heavy atom. The number of para-hydroxylation sites is 1. The fourth-order valence-electron chi connectivity index (χ4n) is 3.84. The normalized spacial score (nSPS) is 18.0. The van der Waals surface area contributed by atoms with E-state index in [2.05, 4.69) is 32.1 Å². The largest absolute Gasteiger partial charge is 0.378 e. The Kier molecular flexibility index (Phi) is 6.54. The fourth-order valence-corrected chi connectivity index (χ4v) is 4.09. The summed E-state index contributed by atoms with van der Waals surface area (Å²) in [5.74, 6) is 0.0234. The fraction of sp³-hybridized carbons (Fsp3) is 0.409. The van der Waals surface area contributed by atoms with Crippen LogP contribution in [-0.4, -0.2) is 69.8 Å². The summed E-state index contributed by atoms with van der Waals surface area (Å²) in [6.45, 7) is 7.17. The Labute approximate surface area is 177 Å². The molecule has 0 aromatic heterocycles. The van der Waals surface area contributed by atoms with Gasteiger partial charge in [0.2, 0.25) is 5.91 Å². The van der Waals surface area contributed by atoms with Crippen molar-refractivity contribution in [3.05, 3.63) is 53.6 Å². The Morgan fingerprint density at radius 3 is 2.28 bits per heavy atom. The molecule has 0 bridgehead atoms. The maximum atomic E-state index is 12.5. The van der Waals surface area contributed by atoms with Gasteiger partial charge in [-0.15, -0.1) is 0 Å². The number of carbonyl (C=O) groups excluding carboxylic acids is 1. The number of piperazine rings is 1. The molecule has 4 rings (SSSR count). The zero-order valence-corrected chi connectivity index (χ0v) is 17.3. The number of morpholine rings is 1. The van der Waals surface area contributed by atoms with Crippen molar-refractivity contribution in [3.8, 4) is 0 Å². The number of amides is 1. The van der Waals surface area contributed by atoms with Gasteiger partial charge in [-0.3, -0.25) is 9.69 Å². The minimum absolute atomic E-state index is 0.0234. The molecule has 0 unspecified atom stereocenters. The third kappa shape index (κ3) is 5.21. The number of halogens is 1. The molecule has 1 amide bonds. The molecule has 7 heteroatoms. The van der Waals surface area contributed by atoms with Crippen molar-refractivity contribution in [2.45, 2.75) is 0 Å². The molecule has 2 saturated heterocycles. The number of nitrogens with zero attached hydrogens (tertiary/aromatic N) is 3. The summed E-state index contributed by atoms with van der Waals surface area (Å²) in [4.78, 5) is 19.2. The molecule has 29 heavy (non-hydrogen) atoms. The van der Waals surface area contributed by atoms with Crippen molar-refractivity contribution in [2.24, 2.45) is 0 Å². The second-order valence-corrected chi connectivity index (χ2v) is 7.82. The molecule has 2 aliphatic rings. The number of nitrogens with one attached hydrogen (secondary N) is 1. The van der Waals surface area contributed by atoms with Crippen LogP contribution >= 0.6 is 11.6 Å². The van der Waals surface area contributed by atoms with Crippen molar-refractivity contribution in [1.82, 2.24) is 4.90 Å². The van der Waals surface area contributed by atoms with Gasteiger partial charge in [-0.25, -0.2) is 0 Å². The number of ether oxygens (including phenoxy) is 1. The average molecular weight is 415 g/mol. The molecule has 154 valence electrons. The highest BCUT2D eigenvalue weighted by molar-refractivity contribution is 6.33. The topological polar surface area (TPSA) is 48.1 Å². The molecule has 2 aliphatic heterocycles. The summed E-state index contributed by atoms with van der Waals surface area (Å²) >= 11 is 6.30. The lowest BCUT2D eigenvalue weighted by molar-refractivity contribution is -0.117. The lowest BCUT2D eigenvalue weighted by Gasteiger charge is -2.36. The first-order chi connectivity index (χ1) is 14.2. The van der Waals surface area contributed by atoms with Gasteiger partial charge in [0.1, 0.15) is 0 Å². The van der Waals surface area contributed by atoms with Gasteiger partial charge in [0, 0.05) is 50.6 Å². The number of hydrogen-bond acceptors (Lipinski definition) is 5. The van der Waals surface area contributed by atoms with E-state index in [4.69, 9.17) is 16.3 Å². The zero-order valence-electron chi connectivity index (χ0n) is 16.5. The lowest BCUT2D eigenvalue weighted by atomic mass is 10.2. The van der Waals surface area contributed by atoms with E-state index in [0.29, 0.717) is 6.54 Å². The molecular weight excluding hydrogens is 388 g/mol. The molecule has 1 N–H and O–H groups in total. The summed E-state index contributed by atoms with van der Waals surface area (Å²) < 4.78 is 5.39. The smallest absolute Gasteiger partial charge is 0.238 e. The van der Waals surface area contributed by atoms with E-state index >= 15 is 0 Å². The van der Waals surface area contributed by atoms with Gasteiger partial charge in [0.15, 0.2) is 0 Å². The minimum atomic E-state index is 0.0234. The second kappa shape index (κ2) is 9.48. The molecule has 2 aromatic carbocycles. The zero-order chi connectivity index (χ0) is 20.1. The third-order valence-corrected chi connectivity index (χ3v) is 5.78. The first-order valence-electron chi connectivity index (χ1n) is 10.1. The van der Waals surface area contributed by atoms with E-state index < -0.39 is 0 Å². The number of carbonyl (C=O) groups is 1. The van der Waals surface area contributed by atoms with Gasteiger partial charge in [-0.05, 0) is 36.4 Å². The summed E-state index contributed by atoms with van der Waals surface area (Å²) in [5.41, 5.74) is 3.07. The first kappa shape index (κ1) is 20.0. The van der Waals surface area contributed by atoms with Crippen LogP contribution in [0.1, 0.15) is 0 Å². The summed E-state index contributed by atoms with van der Waals surface area (Å²) in [6.07, 6.45) is 0. The van der Waals surface area contributed by atoms with Crippen LogP contribution in [-0.2, 0) is 9.53 Å². The highest BCUT2D eigenvalue weighted by Gasteiger charge is 2.20. The maximum absolute atomic E-state index is 12.5. The van der Waals surface area contributed by atoms with E-state index in [1.54, 1.807) is 0 Å². The van der Waals surface area contributed by atoms with Crippen molar-refractivity contribution in [3.63, 3.8) is 0 Å². The van der Waals surface area contributed by atoms with Gasteiger partial charge in [0.05, 0.1) is 30.5 Å². The molecule has 0 aliphatic carbocycles. The van der Waals surface area contributed by atoms with Crippen molar-refractivity contribution < 1.29 is 9.53 Å². The van der Waals surface area contributed by atoms with Gasteiger partial charge in [-0.1, -0.05) is 23.7 Å². The van der Waals surface area contributed by atoms with Crippen LogP contribution in [0.25, 0.3) is 0 Å². The van der Waals surface area contributed by atoms with E-state index in [9.17, 15) is 4.79 Å². The number of benzene rings is 2. The van der Waals surface area contributed by atoms with E-state index in [0.717, 1.165) is 68.9 Å². The van der Waals surface area contributed by atoms with Crippen LogP contribution in [0, 0.1) is 0 Å². The van der Waals surface area contributed by atoms with E-state index in [1.807, 2.05) is 36.4 Å². The van der Waals surface area contributed by atoms with Crippen LogP contribution in [0.2, 0.25) is 5.02 Å². The Bertz CT molecular complexity index is 816. The molecule has 0 spiro atoms. The molecule has 2 heterocycles. The predicted molar refractivity (Wildman–Crippen MR) is 118 cm³/mol. The molecular formula is C22H27ClN4O2. The molecule has 0 radical (unpaired) electrons. The van der Waals surface area contributed by atoms with Gasteiger partial charge in [-0.2, -0.15) is 0 Å². The molecule has 0 atom stereocenters. The molecule has 2 aromatic rings. The number of anilines is 3. The highest BCUT2D eigenvalue weighted by Crippen LogP contribution is 2.26. The van der Waals surface area contributed by atoms with Crippen molar-refractivity contribution in [2.75, 3.05) is 74.1 Å². The second-order valence-electron chi connectivity index (χ2n) is 7.41. The van der Waals surface area contributed by atoms with E-state index in [1.165, 1.54) is 5.69 Å². The minimum Gasteiger partial charge on any atom is -0.378 e. The van der Waals surface area contributed by atoms with Crippen LogP contribution in [0.4, 0.5) is 17.1 Å². The summed E-state index contributed by atoms with van der Waals surface area (Å²) in [7, 11) is 0. The van der Waals surface area contributed by atoms with Gasteiger partial charge >= 0.3 is 0 Å². The van der Waals surface area contributed by atoms with Crippen LogP contribution < -0.4 is 15.1 Å². The maximum Gasteiger partial charge on any atom is 0.238 e. The van der Waals surface area contributed by atoms with Crippen LogP contribution in [0.5, 0.6) is 0 Å².